The topological polar surface area (TPSA) is 49.3 Å². The van der Waals surface area contributed by atoms with Gasteiger partial charge in [0.25, 0.3) is 0 Å². The third-order valence-electron chi connectivity index (χ3n) is 2.35. The summed E-state index contributed by atoms with van der Waals surface area (Å²) >= 11 is 4.95. The van der Waals surface area contributed by atoms with E-state index in [1.165, 1.54) is 0 Å². The third kappa shape index (κ3) is 3.88. The number of hydrogen-bond donors (Lipinski definition) is 2. The highest BCUT2D eigenvalue weighted by molar-refractivity contribution is 9.11. The zero-order valence-corrected chi connectivity index (χ0v) is 11.8. The predicted octanol–water partition coefficient (Wildman–Crippen LogP) is 2.36. The number of carbonyl (C=O) groups is 1. The Balaban J connectivity index is 2.48. The number of aliphatic hydroxyl groups excluding tert-OH is 1. The molecule has 0 aliphatic heterocycles. The Morgan fingerprint density at radius 1 is 1.56 bits per heavy atom. The van der Waals surface area contributed by atoms with E-state index in [4.69, 9.17) is 5.11 Å². The first kappa shape index (κ1) is 13.7. The van der Waals surface area contributed by atoms with Gasteiger partial charge in [0.2, 0.25) is 5.91 Å². The van der Waals surface area contributed by atoms with Crippen LogP contribution in [-0.2, 0) is 4.79 Å². The smallest absolute Gasteiger partial charge is 0.228 e. The molecule has 16 heavy (non-hydrogen) atoms. The maximum atomic E-state index is 11.8. The van der Waals surface area contributed by atoms with Gasteiger partial charge in [0.1, 0.15) is 0 Å². The molecule has 5 heteroatoms. The van der Waals surface area contributed by atoms with Crippen molar-refractivity contribution in [3.8, 4) is 0 Å². The van der Waals surface area contributed by atoms with Crippen molar-refractivity contribution < 1.29 is 9.90 Å². The maximum Gasteiger partial charge on any atom is 0.228 e. The minimum Gasteiger partial charge on any atom is -0.396 e. The Labute approximate surface area is 108 Å². The molecule has 1 heterocycles. The van der Waals surface area contributed by atoms with Gasteiger partial charge in [-0.1, -0.05) is 6.92 Å². The number of thiophene rings is 1. The van der Waals surface area contributed by atoms with E-state index in [1.54, 1.807) is 11.3 Å². The van der Waals surface area contributed by atoms with Crippen LogP contribution in [0.3, 0.4) is 0 Å². The number of halogens is 1. The molecule has 0 bridgehead atoms. The first-order valence-corrected chi connectivity index (χ1v) is 6.79. The summed E-state index contributed by atoms with van der Waals surface area (Å²) in [6.45, 7) is 4.40. The van der Waals surface area contributed by atoms with Gasteiger partial charge in [0.05, 0.1) is 9.70 Å². The second-order valence-electron chi connectivity index (χ2n) is 3.90. The number of rotatable bonds is 5. The molecule has 2 unspecified atom stereocenters. The molecular formula is C11H16BrNO2S. The number of hydrogen-bond acceptors (Lipinski definition) is 3. The SMILES string of the molecule is CC(CO)CNC(=O)C(C)c1ccc(Br)s1. The van der Waals surface area contributed by atoms with Crippen LogP contribution in [0.15, 0.2) is 15.9 Å². The Hall–Kier alpha value is -0.390. The molecule has 2 N–H and O–H groups in total. The number of amides is 1. The van der Waals surface area contributed by atoms with Crippen LogP contribution in [0.5, 0.6) is 0 Å². The molecular weight excluding hydrogens is 290 g/mol. The Bertz CT molecular complexity index is 354. The molecule has 1 aromatic rings. The molecule has 0 aliphatic carbocycles. The van der Waals surface area contributed by atoms with E-state index in [0.717, 1.165) is 8.66 Å². The second kappa shape index (κ2) is 6.37. The lowest BCUT2D eigenvalue weighted by Crippen LogP contribution is -2.32. The molecule has 0 spiro atoms. The summed E-state index contributed by atoms with van der Waals surface area (Å²) in [6, 6.07) is 3.90. The Morgan fingerprint density at radius 3 is 2.75 bits per heavy atom. The molecule has 1 amide bonds. The summed E-state index contributed by atoms with van der Waals surface area (Å²) in [5.41, 5.74) is 0. The predicted molar refractivity (Wildman–Crippen MR) is 69.7 cm³/mol. The fourth-order valence-electron chi connectivity index (χ4n) is 1.18. The standard InChI is InChI=1S/C11H16BrNO2S/c1-7(6-14)5-13-11(15)8(2)9-3-4-10(12)16-9/h3-4,7-8,14H,5-6H2,1-2H3,(H,13,15). The highest BCUT2D eigenvalue weighted by Crippen LogP contribution is 2.28. The van der Waals surface area contributed by atoms with Crippen molar-refractivity contribution in [3.05, 3.63) is 20.8 Å². The van der Waals surface area contributed by atoms with E-state index in [9.17, 15) is 4.79 Å². The van der Waals surface area contributed by atoms with Crippen molar-refractivity contribution >= 4 is 33.2 Å². The van der Waals surface area contributed by atoms with Crippen molar-refractivity contribution in [3.63, 3.8) is 0 Å². The molecule has 0 saturated carbocycles. The Morgan fingerprint density at radius 2 is 2.25 bits per heavy atom. The van der Waals surface area contributed by atoms with Gasteiger partial charge in [-0.2, -0.15) is 0 Å². The molecule has 1 aromatic heterocycles. The lowest BCUT2D eigenvalue weighted by molar-refractivity contribution is -0.122. The molecule has 0 aromatic carbocycles. The lowest BCUT2D eigenvalue weighted by Gasteiger charge is -2.13. The van der Waals surface area contributed by atoms with Gasteiger partial charge in [0, 0.05) is 18.0 Å². The van der Waals surface area contributed by atoms with Crippen LogP contribution in [0, 0.1) is 5.92 Å². The molecule has 2 atom stereocenters. The van der Waals surface area contributed by atoms with Gasteiger partial charge < -0.3 is 10.4 Å². The van der Waals surface area contributed by atoms with Gasteiger partial charge in [0.15, 0.2) is 0 Å². The average Bonchev–Trinajstić information content (AvgIpc) is 2.71. The van der Waals surface area contributed by atoms with Gasteiger partial charge in [-0.05, 0) is 40.9 Å². The van der Waals surface area contributed by atoms with E-state index < -0.39 is 0 Å². The summed E-state index contributed by atoms with van der Waals surface area (Å²) in [6.07, 6.45) is 0. The molecule has 0 fully saturated rings. The van der Waals surface area contributed by atoms with E-state index in [1.807, 2.05) is 26.0 Å². The van der Waals surface area contributed by atoms with Crippen molar-refractivity contribution in [1.82, 2.24) is 5.32 Å². The van der Waals surface area contributed by atoms with E-state index >= 15 is 0 Å². The summed E-state index contributed by atoms with van der Waals surface area (Å²) in [7, 11) is 0. The zero-order chi connectivity index (χ0) is 12.1. The highest BCUT2D eigenvalue weighted by Gasteiger charge is 2.17. The number of aliphatic hydroxyl groups is 1. The molecule has 0 aliphatic rings. The second-order valence-corrected chi connectivity index (χ2v) is 6.39. The van der Waals surface area contributed by atoms with Crippen molar-refractivity contribution in [2.24, 2.45) is 5.92 Å². The molecule has 3 nitrogen and oxygen atoms in total. The van der Waals surface area contributed by atoms with Crippen molar-refractivity contribution in [2.75, 3.05) is 13.2 Å². The first-order valence-electron chi connectivity index (χ1n) is 5.18. The number of carbonyl (C=O) groups excluding carboxylic acids is 1. The van der Waals surface area contributed by atoms with Crippen LogP contribution in [0.1, 0.15) is 24.6 Å². The first-order chi connectivity index (χ1) is 7.54. The Kier molecular flexibility index (Phi) is 5.44. The van der Waals surface area contributed by atoms with E-state index in [0.29, 0.717) is 6.54 Å². The van der Waals surface area contributed by atoms with Gasteiger partial charge >= 0.3 is 0 Å². The summed E-state index contributed by atoms with van der Waals surface area (Å²) in [5.74, 6) is -0.0249. The van der Waals surface area contributed by atoms with Crippen LogP contribution in [0.2, 0.25) is 0 Å². The molecule has 0 saturated heterocycles. The minimum atomic E-state index is -0.137. The van der Waals surface area contributed by atoms with Crippen molar-refractivity contribution in [2.45, 2.75) is 19.8 Å². The maximum absolute atomic E-state index is 11.8. The summed E-state index contributed by atoms with van der Waals surface area (Å²) in [4.78, 5) is 12.8. The third-order valence-corrected chi connectivity index (χ3v) is 4.16. The normalized spacial score (nSPS) is 14.5. The molecule has 1 rings (SSSR count). The monoisotopic (exact) mass is 305 g/mol. The van der Waals surface area contributed by atoms with Gasteiger partial charge in [-0.15, -0.1) is 11.3 Å². The fourth-order valence-corrected chi connectivity index (χ4v) is 2.66. The summed E-state index contributed by atoms with van der Waals surface area (Å²) in [5, 5.41) is 11.7. The van der Waals surface area contributed by atoms with Crippen LogP contribution in [0.4, 0.5) is 0 Å². The average molecular weight is 306 g/mol. The van der Waals surface area contributed by atoms with Crippen LogP contribution >= 0.6 is 27.3 Å². The highest BCUT2D eigenvalue weighted by atomic mass is 79.9. The molecule has 0 radical (unpaired) electrons. The van der Waals surface area contributed by atoms with Crippen LogP contribution in [0.25, 0.3) is 0 Å². The van der Waals surface area contributed by atoms with Crippen LogP contribution in [-0.4, -0.2) is 24.2 Å². The summed E-state index contributed by atoms with van der Waals surface area (Å²) < 4.78 is 1.03. The molecule has 90 valence electrons. The number of nitrogens with one attached hydrogen (secondary N) is 1. The van der Waals surface area contributed by atoms with E-state index in [-0.39, 0.29) is 24.3 Å². The zero-order valence-electron chi connectivity index (χ0n) is 9.37. The van der Waals surface area contributed by atoms with Crippen LogP contribution < -0.4 is 5.32 Å². The van der Waals surface area contributed by atoms with Gasteiger partial charge in [-0.3, -0.25) is 4.79 Å². The minimum absolute atomic E-state index is 0.00894. The lowest BCUT2D eigenvalue weighted by atomic mass is 10.1. The van der Waals surface area contributed by atoms with Gasteiger partial charge in [-0.25, -0.2) is 0 Å². The van der Waals surface area contributed by atoms with Crippen molar-refractivity contribution in [1.29, 1.82) is 0 Å². The van der Waals surface area contributed by atoms with E-state index in [2.05, 4.69) is 21.2 Å². The largest absolute Gasteiger partial charge is 0.396 e. The fraction of sp³-hybridized carbons (Fsp3) is 0.545. The quantitative estimate of drug-likeness (QED) is 0.877.